The Morgan fingerprint density at radius 1 is 1.36 bits per heavy atom. The van der Waals surface area contributed by atoms with Gasteiger partial charge in [-0.2, -0.15) is 5.10 Å². The summed E-state index contributed by atoms with van der Waals surface area (Å²) in [6, 6.07) is 12.0. The van der Waals surface area contributed by atoms with Gasteiger partial charge in [-0.15, -0.1) is 0 Å². The molecule has 0 aliphatic carbocycles. The van der Waals surface area contributed by atoms with E-state index in [-0.39, 0.29) is 18.1 Å². The second-order valence-electron chi connectivity index (χ2n) is 5.51. The minimum Gasteiger partial charge on any atom is -0.376 e. The van der Waals surface area contributed by atoms with Gasteiger partial charge in [0.25, 0.3) is 5.91 Å². The van der Waals surface area contributed by atoms with Gasteiger partial charge >= 0.3 is 0 Å². The predicted octanol–water partition coefficient (Wildman–Crippen LogP) is 2.27. The number of amides is 1. The number of nitrogens with zero attached hydrogens (tertiary/aromatic N) is 2. The van der Waals surface area contributed by atoms with Gasteiger partial charge in [0.2, 0.25) is 0 Å². The number of aromatic nitrogens is 2. The minimum absolute atomic E-state index is 0.000587. The maximum atomic E-state index is 12.7. The molecule has 1 fully saturated rings. The van der Waals surface area contributed by atoms with Crippen molar-refractivity contribution in [1.82, 2.24) is 15.1 Å². The van der Waals surface area contributed by atoms with Crippen molar-refractivity contribution in [2.45, 2.75) is 31.9 Å². The van der Waals surface area contributed by atoms with E-state index in [1.165, 1.54) is 5.56 Å². The van der Waals surface area contributed by atoms with Gasteiger partial charge in [-0.05, 0) is 31.4 Å². The standard InChI is InChI=1S/C17H21N3O2/c1-2-22-16-9-11-20(17(21)14-8-10-18-19-14)15(16)12-13-6-4-3-5-7-13/h3-8,10,15-16H,2,9,11-12H2,1H3,(H,18,19)/t15-,16-/m0/s1. The van der Waals surface area contributed by atoms with Crippen molar-refractivity contribution in [2.75, 3.05) is 13.2 Å². The van der Waals surface area contributed by atoms with E-state index in [4.69, 9.17) is 4.74 Å². The monoisotopic (exact) mass is 299 g/mol. The predicted molar refractivity (Wildman–Crippen MR) is 83.6 cm³/mol. The molecule has 0 spiro atoms. The lowest BCUT2D eigenvalue weighted by Gasteiger charge is -2.28. The summed E-state index contributed by atoms with van der Waals surface area (Å²) in [7, 11) is 0. The normalized spacial score (nSPS) is 21.2. The molecule has 1 saturated heterocycles. The Morgan fingerprint density at radius 3 is 2.86 bits per heavy atom. The Bertz CT molecular complexity index is 598. The number of benzene rings is 1. The number of carbonyl (C=O) groups is 1. The second kappa shape index (κ2) is 6.75. The fourth-order valence-corrected chi connectivity index (χ4v) is 3.11. The van der Waals surface area contributed by atoms with E-state index >= 15 is 0 Å². The number of hydrogen-bond donors (Lipinski definition) is 1. The lowest BCUT2D eigenvalue weighted by atomic mass is 10.0. The van der Waals surface area contributed by atoms with Gasteiger partial charge < -0.3 is 9.64 Å². The molecular weight excluding hydrogens is 278 g/mol. The summed E-state index contributed by atoms with van der Waals surface area (Å²) in [5, 5.41) is 6.64. The van der Waals surface area contributed by atoms with Crippen molar-refractivity contribution in [3.63, 3.8) is 0 Å². The molecule has 1 aromatic carbocycles. The van der Waals surface area contributed by atoms with Crippen LogP contribution >= 0.6 is 0 Å². The topological polar surface area (TPSA) is 58.2 Å². The first-order valence-corrected chi connectivity index (χ1v) is 7.75. The van der Waals surface area contributed by atoms with Crippen molar-refractivity contribution >= 4 is 5.91 Å². The van der Waals surface area contributed by atoms with Crippen LogP contribution in [0, 0.1) is 0 Å². The summed E-state index contributed by atoms with van der Waals surface area (Å²) >= 11 is 0. The highest BCUT2D eigenvalue weighted by Gasteiger charge is 2.38. The summed E-state index contributed by atoms with van der Waals surface area (Å²) in [6.45, 7) is 3.39. The van der Waals surface area contributed by atoms with Crippen LogP contribution in [0.25, 0.3) is 0 Å². The van der Waals surface area contributed by atoms with E-state index in [1.807, 2.05) is 30.0 Å². The largest absolute Gasteiger partial charge is 0.376 e. The molecule has 0 saturated carbocycles. The molecule has 5 heteroatoms. The highest BCUT2D eigenvalue weighted by atomic mass is 16.5. The number of hydrogen-bond acceptors (Lipinski definition) is 3. The van der Waals surface area contributed by atoms with Gasteiger partial charge in [-0.3, -0.25) is 9.89 Å². The van der Waals surface area contributed by atoms with Crippen molar-refractivity contribution in [2.24, 2.45) is 0 Å². The van der Waals surface area contributed by atoms with Crippen molar-refractivity contribution in [1.29, 1.82) is 0 Å². The van der Waals surface area contributed by atoms with Crippen LogP contribution in [0.5, 0.6) is 0 Å². The number of nitrogens with one attached hydrogen (secondary N) is 1. The summed E-state index contributed by atoms with van der Waals surface area (Å²) < 4.78 is 5.87. The Balaban J connectivity index is 1.80. The lowest BCUT2D eigenvalue weighted by molar-refractivity contribution is 0.0310. The number of likely N-dealkylation sites (tertiary alicyclic amines) is 1. The molecule has 22 heavy (non-hydrogen) atoms. The Kier molecular flexibility index (Phi) is 4.53. The quantitative estimate of drug-likeness (QED) is 0.921. The van der Waals surface area contributed by atoms with E-state index in [1.54, 1.807) is 12.3 Å². The van der Waals surface area contributed by atoms with Crippen LogP contribution in [0.3, 0.4) is 0 Å². The average Bonchev–Trinajstić information content (AvgIpc) is 3.19. The summed E-state index contributed by atoms with van der Waals surface area (Å²) in [5.41, 5.74) is 1.76. The Morgan fingerprint density at radius 2 is 2.18 bits per heavy atom. The molecule has 2 aromatic rings. The van der Waals surface area contributed by atoms with E-state index in [2.05, 4.69) is 22.3 Å². The van der Waals surface area contributed by atoms with Gasteiger partial charge in [0.15, 0.2) is 0 Å². The van der Waals surface area contributed by atoms with E-state index < -0.39 is 0 Å². The van der Waals surface area contributed by atoms with E-state index in [0.717, 1.165) is 19.4 Å². The Hall–Kier alpha value is -2.14. The maximum Gasteiger partial charge on any atom is 0.272 e. The minimum atomic E-state index is 0.000587. The van der Waals surface area contributed by atoms with Crippen LogP contribution in [0.2, 0.25) is 0 Å². The molecule has 5 nitrogen and oxygen atoms in total. The SMILES string of the molecule is CCO[C@H]1CCN(C(=O)c2ccn[nH]2)[C@H]1Cc1ccccc1. The van der Waals surface area contributed by atoms with Crippen LogP contribution in [-0.2, 0) is 11.2 Å². The number of aromatic amines is 1. The highest BCUT2D eigenvalue weighted by molar-refractivity contribution is 5.92. The molecule has 1 aliphatic rings. The van der Waals surface area contributed by atoms with E-state index in [9.17, 15) is 4.79 Å². The summed E-state index contributed by atoms with van der Waals surface area (Å²) in [5.74, 6) is 0.000587. The molecule has 0 radical (unpaired) electrons. The number of ether oxygens (including phenoxy) is 1. The Labute approximate surface area is 130 Å². The second-order valence-corrected chi connectivity index (χ2v) is 5.51. The third kappa shape index (κ3) is 3.04. The molecule has 1 aliphatic heterocycles. The molecule has 0 unspecified atom stereocenters. The molecule has 0 bridgehead atoms. The fraction of sp³-hybridized carbons (Fsp3) is 0.412. The molecule has 1 amide bonds. The summed E-state index contributed by atoms with van der Waals surface area (Å²) in [4.78, 5) is 14.6. The van der Waals surface area contributed by atoms with Gasteiger partial charge in [0, 0.05) is 19.3 Å². The molecule has 2 heterocycles. The average molecular weight is 299 g/mol. The molecule has 116 valence electrons. The summed E-state index contributed by atoms with van der Waals surface area (Å²) in [6.07, 6.45) is 3.39. The van der Waals surface area contributed by atoms with Crippen LogP contribution < -0.4 is 0 Å². The first kappa shape index (κ1) is 14.8. The van der Waals surface area contributed by atoms with E-state index in [0.29, 0.717) is 12.3 Å². The fourth-order valence-electron chi connectivity index (χ4n) is 3.11. The number of carbonyl (C=O) groups excluding carboxylic acids is 1. The van der Waals surface area contributed by atoms with Crippen LogP contribution in [0.15, 0.2) is 42.6 Å². The van der Waals surface area contributed by atoms with Gasteiger partial charge in [0.05, 0.1) is 12.1 Å². The molecule has 3 rings (SSSR count). The first-order valence-electron chi connectivity index (χ1n) is 7.75. The van der Waals surface area contributed by atoms with Crippen molar-refractivity contribution < 1.29 is 9.53 Å². The smallest absolute Gasteiger partial charge is 0.272 e. The van der Waals surface area contributed by atoms with Gasteiger partial charge in [-0.1, -0.05) is 30.3 Å². The third-order valence-corrected chi connectivity index (χ3v) is 4.14. The third-order valence-electron chi connectivity index (χ3n) is 4.14. The number of rotatable bonds is 5. The maximum absolute atomic E-state index is 12.7. The van der Waals surface area contributed by atoms with Gasteiger partial charge in [-0.25, -0.2) is 0 Å². The zero-order chi connectivity index (χ0) is 15.4. The number of H-pyrrole nitrogens is 1. The highest BCUT2D eigenvalue weighted by Crippen LogP contribution is 2.26. The molecule has 2 atom stereocenters. The lowest BCUT2D eigenvalue weighted by Crippen LogP contribution is -2.42. The molecule has 1 N–H and O–H groups in total. The molecular formula is C17H21N3O2. The van der Waals surface area contributed by atoms with Crippen LogP contribution in [0.4, 0.5) is 0 Å². The van der Waals surface area contributed by atoms with Crippen molar-refractivity contribution in [3.8, 4) is 0 Å². The zero-order valence-corrected chi connectivity index (χ0v) is 12.7. The first-order chi connectivity index (χ1) is 10.8. The zero-order valence-electron chi connectivity index (χ0n) is 12.7. The molecule has 1 aromatic heterocycles. The van der Waals surface area contributed by atoms with Gasteiger partial charge in [0.1, 0.15) is 5.69 Å². The van der Waals surface area contributed by atoms with Crippen LogP contribution in [0.1, 0.15) is 29.4 Å². The van der Waals surface area contributed by atoms with Crippen LogP contribution in [-0.4, -0.2) is 46.3 Å². The van der Waals surface area contributed by atoms with Crippen molar-refractivity contribution in [3.05, 3.63) is 53.9 Å².